The lowest BCUT2D eigenvalue weighted by atomic mass is 10.1. The fourth-order valence-electron chi connectivity index (χ4n) is 3.02. The number of aromatic nitrogens is 1. The second-order valence-corrected chi connectivity index (χ2v) is 6.20. The highest BCUT2D eigenvalue weighted by molar-refractivity contribution is 6.11. The molecule has 0 atom stereocenters. The average molecular weight is 360 g/mol. The van der Waals surface area contributed by atoms with Crippen molar-refractivity contribution in [2.75, 3.05) is 11.5 Å². The summed E-state index contributed by atoms with van der Waals surface area (Å²) in [7, 11) is 0. The molecule has 27 heavy (non-hydrogen) atoms. The van der Waals surface area contributed by atoms with Gasteiger partial charge in [-0.2, -0.15) is 0 Å². The molecular weight excluding hydrogens is 344 g/mol. The largest absolute Gasteiger partial charge is 0.421 e. The lowest BCUT2D eigenvalue weighted by Gasteiger charge is -2.07. The number of fused-ring (bicyclic) bond motifs is 3. The number of rotatable bonds is 3. The van der Waals surface area contributed by atoms with Crippen molar-refractivity contribution < 1.29 is 14.3 Å². The lowest BCUT2D eigenvalue weighted by molar-refractivity contribution is 0.0736. The molecule has 0 saturated carbocycles. The Labute approximate surface area is 153 Å². The summed E-state index contributed by atoms with van der Waals surface area (Å²) in [6.45, 7) is 0. The molecule has 0 unspecified atom stereocenters. The average Bonchev–Trinajstić information content (AvgIpc) is 3.00. The Morgan fingerprint density at radius 1 is 0.815 bits per heavy atom. The van der Waals surface area contributed by atoms with Crippen molar-refractivity contribution in [3.8, 4) is 5.75 Å². The monoisotopic (exact) mass is 360 g/mol. The van der Waals surface area contributed by atoms with Gasteiger partial charge in [0.15, 0.2) is 5.75 Å². The van der Waals surface area contributed by atoms with E-state index in [0.717, 1.165) is 16.3 Å². The Balaban J connectivity index is 1.76. The molecule has 3 aromatic carbocycles. The Hall–Kier alpha value is -4.00. The number of primary amides is 1. The van der Waals surface area contributed by atoms with Crippen LogP contribution in [0.3, 0.4) is 0 Å². The molecule has 0 bridgehead atoms. The minimum Gasteiger partial charge on any atom is -0.421 e. The molecule has 0 saturated heterocycles. The first-order valence-electron chi connectivity index (χ1n) is 8.15. The molecular formula is C20H16N4O3. The number of anilines is 2. The first-order valence-corrected chi connectivity index (χ1v) is 8.15. The SMILES string of the molecule is NC(=O)c1ccc(C(=O)Oc2cc(N)cc3c2[nH]c2ccc(N)cc23)cc1. The fraction of sp³-hybridized carbons (Fsp3) is 0. The Morgan fingerprint density at radius 2 is 1.48 bits per heavy atom. The standard InChI is InChI=1S/C20H16N4O3/c21-12-5-6-16-14(7-12)15-8-13(22)9-17(18(15)24-16)27-20(26)11-3-1-10(2-4-11)19(23)25/h1-9,24H,21-22H2,(H2,23,25). The Kier molecular flexibility index (Phi) is 3.70. The van der Waals surface area contributed by atoms with Crippen molar-refractivity contribution >= 4 is 45.1 Å². The third kappa shape index (κ3) is 2.91. The van der Waals surface area contributed by atoms with Crippen LogP contribution >= 0.6 is 0 Å². The predicted octanol–water partition coefficient (Wildman–Crippen LogP) is 2.80. The highest BCUT2D eigenvalue weighted by Gasteiger charge is 2.15. The third-order valence-corrected chi connectivity index (χ3v) is 4.33. The van der Waals surface area contributed by atoms with Crippen LogP contribution in [0.1, 0.15) is 20.7 Å². The Bertz CT molecular complexity index is 1210. The molecule has 4 aromatic rings. The fourth-order valence-corrected chi connectivity index (χ4v) is 3.02. The number of nitrogen functional groups attached to an aromatic ring is 2. The summed E-state index contributed by atoms with van der Waals surface area (Å²) in [5.74, 6) is -0.829. The summed E-state index contributed by atoms with van der Waals surface area (Å²) in [6.07, 6.45) is 0. The molecule has 7 N–H and O–H groups in total. The van der Waals surface area contributed by atoms with Crippen molar-refractivity contribution in [1.82, 2.24) is 4.98 Å². The molecule has 7 heteroatoms. The van der Waals surface area contributed by atoms with Gasteiger partial charge in [0.25, 0.3) is 0 Å². The van der Waals surface area contributed by atoms with Gasteiger partial charge in [-0.3, -0.25) is 4.79 Å². The number of hydrogen-bond donors (Lipinski definition) is 4. The van der Waals surface area contributed by atoms with Gasteiger partial charge in [-0.25, -0.2) is 4.79 Å². The quantitative estimate of drug-likeness (QED) is 0.253. The summed E-state index contributed by atoms with van der Waals surface area (Å²) in [5, 5.41) is 1.70. The van der Waals surface area contributed by atoms with E-state index in [2.05, 4.69) is 4.98 Å². The molecule has 0 aliphatic heterocycles. The molecule has 1 heterocycles. The normalized spacial score (nSPS) is 11.0. The van der Waals surface area contributed by atoms with E-state index in [1.807, 2.05) is 12.1 Å². The summed E-state index contributed by atoms with van der Waals surface area (Å²) in [4.78, 5) is 26.9. The van der Waals surface area contributed by atoms with Crippen LogP contribution in [0, 0.1) is 0 Å². The summed E-state index contributed by atoms with van der Waals surface area (Å²) in [6, 6.07) is 14.8. The van der Waals surface area contributed by atoms with E-state index in [9.17, 15) is 9.59 Å². The molecule has 4 rings (SSSR count). The van der Waals surface area contributed by atoms with Crippen LogP contribution in [-0.2, 0) is 0 Å². The molecule has 0 aliphatic rings. The molecule has 7 nitrogen and oxygen atoms in total. The lowest BCUT2D eigenvalue weighted by Crippen LogP contribution is -2.12. The van der Waals surface area contributed by atoms with Gasteiger partial charge in [0.2, 0.25) is 5.91 Å². The predicted molar refractivity (Wildman–Crippen MR) is 105 cm³/mol. The van der Waals surface area contributed by atoms with Crippen molar-refractivity contribution in [3.63, 3.8) is 0 Å². The van der Waals surface area contributed by atoms with E-state index in [1.54, 1.807) is 18.2 Å². The minimum atomic E-state index is -0.573. The van der Waals surface area contributed by atoms with Gasteiger partial charge >= 0.3 is 5.97 Å². The van der Waals surface area contributed by atoms with E-state index in [-0.39, 0.29) is 5.56 Å². The van der Waals surface area contributed by atoms with Gasteiger partial charge in [0.1, 0.15) is 0 Å². The smallest absolute Gasteiger partial charge is 0.343 e. The van der Waals surface area contributed by atoms with E-state index >= 15 is 0 Å². The van der Waals surface area contributed by atoms with E-state index in [4.69, 9.17) is 21.9 Å². The van der Waals surface area contributed by atoms with E-state index < -0.39 is 11.9 Å². The number of ether oxygens (including phenoxy) is 1. The third-order valence-electron chi connectivity index (χ3n) is 4.33. The number of amides is 1. The highest BCUT2D eigenvalue weighted by Crippen LogP contribution is 2.35. The van der Waals surface area contributed by atoms with Crippen LogP contribution in [0.15, 0.2) is 54.6 Å². The van der Waals surface area contributed by atoms with Gasteiger partial charge < -0.3 is 26.9 Å². The number of hydrogen-bond acceptors (Lipinski definition) is 5. The zero-order chi connectivity index (χ0) is 19.1. The molecule has 0 fully saturated rings. The first kappa shape index (κ1) is 16.5. The van der Waals surface area contributed by atoms with Crippen molar-refractivity contribution in [1.29, 1.82) is 0 Å². The van der Waals surface area contributed by atoms with Crippen LogP contribution in [0.2, 0.25) is 0 Å². The second kappa shape index (κ2) is 6.06. The molecule has 0 radical (unpaired) electrons. The van der Waals surface area contributed by atoms with E-state index in [1.165, 1.54) is 24.3 Å². The van der Waals surface area contributed by atoms with Crippen LogP contribution in [-0.4, -0.2) is 16.9 Å². The van der Waals surface area contributed by atoms with Crippen molar-refractivity contribution in [2.24, 2.45) is 5.73 Å². The highest BCUT2D eigenvalue weighted by atomic mass is 16.5. The minimum absolute atomic E-state index is 0.288. The number of carbonyl (C=O) groups is 2. The van der Waals surface area contributed by atoms with Crippen LogP contribution in [0.5, 0.6) is 5.75 Å². The maximum Gasteiger partial charge on any atom is 0.343 e. The number of H-pyrrole nitrogens is 1. The number of esters is 1. The number of aromatic amines is 1. The zero-order valence-electron chi connectivity index (χ0n) is 14.2. The summed E-state index contributed by atoms with van der Waals surface area (Å²) in [5.41, 5.74) is 20.3. The second-order valence-electron chi connectivity index (χ2n) is 6.20. The molecule has 1 amide bonds. The molecule has 0 spiro atoms. The van der Waals surface area contributed by atoms with Gasteiger partial charge in [0.05, 0.1) is 11.1 Å². The van der Waals surface area contributed by atoms with Gasteiger partial charge in [0, 0.05) is 39.3 Å². The molecule has 1 aromatic heterocycles. The maximum atomic E-state index is 12.5. The van der Waals surface area contributed by atoms with Gasteiger partial charge in [-0.1, -0.05) is 0 Å². The number of nitrogens with two attached hydrogens (primary N) is 3. The van der Waals surface area contributed by atoms with Crippen molar-refractivity contribution in [3.05, 3.63) is 65.7 Å². The van der Waals surface area contributed by atoms with Crippen molar-refractivity contribution in [2.45, 2.75) is 0 Å². The topological polar surface area (TPSA) is 137 Å². The van der Waals surface area contributed by atoms with Gasteiger partial charge in [-0.05, 0) is 48.5 Å². The first-order chi connectivity index (χ1) is 12.9. The van der Waals surface area contributed by atoms with E-state index in [0.29, 0.717) is 28.2 Å². The maximum absolute atomic E-state index is 12.5. The summed E-state index contributed by atoms with van der Waals surface area (Å²) < 4.78 is 5.56. The molecule has 0 aliphatic carbocycles. The van der Waals surface area contributed by atoms with Crippen LogP contribution < -0.4 is 21.9 Å². The number of nitrogens with one attached hydrogen (secondary N) is 1. The summed E-state index contributed by atoms with van der Waals surface area (Å²) >= 11 is 0. The van der Waals surface area contributed by atoms with Crippen LogP contribution in [0.4, 0.5) is 11.4 Å². The number of carbonyl (C=O) groups excluding carboxylic acids is 2. The molecule has 134 valence electrons. The van der Waals surface area contributed by atoms with Gasteiger partial charge in [-0.15, -0.1) is 0 Å². The number of benzene rings is 3. The zero-order valence-corrected chi connectivity index (χ0v) is 14.2. The van der Waals surface area contributed by atoms with Crippen LogP contribution in [0.25, 0.3) is 21.8 Å². The Morgan fingerprint density at radius 3 is 2.19 bits per heavy atom.